The van der Waals surface area contributed by atoms with Crippen molar-refractivity contribution in [2.24, 2.45) is 11.3 Å². The Morgan fingerprint density at radius 3 is 2.56 bits per heavy atom. The summed E-state index contributed by atoms with van der Waals surface area (Å²) in [7, 11) is 2.09. The summed E-state index contributed by atoms with van der Waals surface area (Å²) in [6, 6.07) is 0. The first kappa shape index (κ1) is 15.4. The van der Waals surface area contributed by atoms with E-state index < -0.39 is 5.97 Å². The van der Waals surface area contributed by atoms with E-state index in [9.17, 15) is 4.79 Å². The SMILES string of the molecule is CN(CCC1CCOCC1)CC(C)(C)CC(=O)O. The van der Waals surface area contributed by atoms with Crippen LogP contribution in [0.3, 0.4) is 0 Å². The molecule has 1 saturated heterocycles. The molecule has 18 heavy (non-hydrogen) atoms. The van der Waals surface area contributed by atoms with E-state index in [1.165, 1.54) is 19.3 Å². The molecular formula is C14H27NO3. The molecular weight excluding hydrogens is 230 g/mol. The molecule has 106 valence electrons. The van der Waals surface area contributed by atoms with Crippen LogP contribution in [0.2, 0.25) is 0 Å². The largest absolute Gasteiger partial charge is 0.481 e. The quantitative estimate of drug-likeness (QED) is 0.760. The van der Waals surface area contributed by atoms with Crippen LogP contribution in [-0.2, 0) is 9.53 Å². The van der Waals surface area contributed by atoms with E-state index in [4.69, 9.17) is 9.84 Å². The Bertz CT molecular complexity index is 260. The second-order valence-electron chi connectivity index (χ2n) is 6.32. The monoisotopic (exact) mass is 257 g/mol. The molecule has 0 amide bonds. The van der Waals surface area contributed by atoms with Gasteiger partial charge >= 0.3 is 5.97 Å². The van der Waals surface area contributed by atoms with E-state index in [0.29, 0.717) is 0 Å². The van der Waals surface area contributed by atoms with Gasteiger partial charge in [0.05, 0.1) is 6.42 Å². The molecule has 1 N–H and O–H groups in total. The van der Waals surface area contributed by atoms with Crippen LogP contribution in [0.25, 0.3) is 0 Å². The Hall–Kier alpha value is -0.610. The maximum absolute atomic E-state index is 10.8. The minimum atomic E-state index is -0.710. The molecule has 0 aromatic heterocycles. The fourth-order valence-electron chi connectivity index (χ4n) is 2.71. The van der Waals surface area contributed by atoms with Crippen molar-refractivity contribution < 1.29 is 14.6 Å². The zero-order valence-corrected chi connectivity index (χ0v) is 11.9. The zero-order chi connectivity index (χ0) is 13.6. The highest BCUT2D eigenvalue weighted by Gasteiger charge is 2.24. The molecule has 0 bridgehead atoms. The van der Waals surface area contributed by atoms with Gasteiger partial charge in [-0.3, -0.25) is 4.79 Å². The number of aliphatic carboxylic acids is 1. The van der Waals surface area contributed by atoms with Gasteiger partial charge in [-0.05, 0) is 44.2 Å². The van der Waals surface area contributed by atoms with Crippen molar-refractivity contribution in [3.05, 3.63) is 0 Å². The number of ether oxygens (including phenoxy) is 1. The molecule has 1 heterocycles. The lowest BCUT2D eigenvalue weighted by Gasteiger charge is -2.30. The number of nitrogens with zero attached hydrogens (tertiary/aromatic N) is 1. The fourth-order valence-corrected chi connectivity index (χ4v) is 2.71. The summed E-state index contributed by atoms with van der Waals surface area (Å²) < 4.78 is 5.35. The average molecular weight is 257 g/mol. The molecule has 0 unspecified atom stereocenters. The van der Waals surface area contributed by atoms with Gasteiger partial charge in [0.1, 0.15) is 0 Å². The molecule has 0 atom stereocenters. The number of rotatable bonds is 7. The highest BCUT2D eigenvalue weighted by atomic mass is 16.5. The van der Waals surface area contributed by atoms with Crippen LogP contribution in [0.15, 0.2) is 0 Å². The smallest absolute Gasteiger partial charge is 0.303 e. The Morgan fingerprint density at radius 1 is 1.39 bits per heavy atom. The van der Waals surface area contributed by atoms with E-state index in [2.05, 4.69) is 11.9 Å². The van der Waals surface area contributed by atoms with E-state index in [1.807, 2.05) is 13.8 Å². The van der Waals surface area contributed by atoms with Gasteiger partial charge in [-0.15, -0.1) is 0 Å². The predicted octanol–water partition coefficient (Wildman–Crippen LogP) is 2.24. The number of carboxylic acids is 1. The summed E-state index contributed by atoms with van der Waals surface area (Å²) in [4.78, 5) is 13.0. The fraction of sp³-hybridized carbons (Fsp3) is 0.929. The topological polar surface area (TPSA) is 49.8 Å². The minimum absolute atomic E-state index is 0.156. The van der Waals surface area contributed by atoms with Crippen molar-refractivity contribution in [3.8, 4) is 0 Å². The normalized spacial score (nSPS) is 18.2. The summed E-state index contributed by atoms with van der Waals surface area (Å²) in [6.45, 7) is 7.73. The van der Waals surface area contributed by atoms with Crippen molar-refractivity contribution in [1.82, 2.24) is 4.90 Å². The third-order valence-corrected chi connectivity index (χ3v) is 3.59. The van der Waals surface area contributed by atoms with Crippen LogP contribution in [0.5, 0.6) is 0 Å². The highest BCUT2D eigenvalue weighted by molar-refractivity contribution is 5.67. The van der Waals surface area contributed by atoms with E-state index >= 15 is 0 Å². The maximum Gasteiger partial charge on any atom is 0.303 e. The Balaban J connectivity index is 2.23. The maximum atomic E-state index is 10.8. The molecule has 0 aromatic rings. The minimum Gasteiger partial charge on any atom is -0.481 e. The first-order valence-electron chi connectivity index (χ1n) is 6.87. The van der Waals surface area contributed by atoms with E-state index in [1.54, 1.807) is 0 Å². The summed E-state index contributed by atoms with van der Waals surface area (Å²) in [6.07, 6.45) is 3.77. The van der Waals surface area contributed by atoms with Gasteiger partial charge < -0.3 is 14.7 Å². The summed E-state index contributed by atoms with van der Waals surface area (Å²) in [5, 5.41) is 8.86. The molecule has 1 aliphatic heterocycles. The van der Waals surface area contributed by atoms with Crippen LogP contribution in [0.1, 0.15) is 39.5 Å². The number of carboxylic acid groups (broad SMARTS) is 1. The third kappa shape index (κ3) is 6.36. The summed E-state index contributed by atoms with van der Waals surface area (Å²) in [5.74, 6) is 0.0709. The Labute approximate surface area is 110 Å². The lowest BCUT2D eigenvalue weighted by atomic mass is 9.88. The zero-order valence-electron chi connectivity index (χ0n) is 11.9. The molecule has 0 spiro atoms. The molecule has 1 aliphatic rings. The second-order valence-corrected chi connectivity index (χ2v) is 6.32. The van der Waals surface area contributed by atoms with Gasteiger partial charge in [-0.1, -0.05) is 13.8 Å². The van der Waals surface area contributed by atoms with Crippen LogP contribution >= 0.6 is 0 Å². The molecule has 0 aromatic carbocycles. The van der Waals surface area contributed by atoms with Gasteiger partial charge in [0.2, 0.25) is 0 Å². The molecule has 0 aliphatic carbocycles. The molecule has 1 rings (SSSR count). The van der Waals surface area contributed by atoms with Crippen molar-refractivity contribution in [2.45, 2.75) is 39.5 Å². The Kier molecular flexibility index (Phi) is 6.09. The molecule has 0 radical (unpaired) electrons. The van der Waals surface area contributed by atoms with Crippen molar-refractivity contribution >= 4 is 5.97 Å². The molecule has 4 heteroatoms. The van der Waals surface area contributed by atoms with Crippen LogP contribution in [0.4, 0.5) is 0 Å². The third-order valence-electron chi connectivity index (χ3n) is 3.59. The lowest BCUT2D eigenvalue weighted by Crippen LogP contribution is -2.34. The van der Waals surface area contributed by atoms with Crippen molar-refractivity contribution in [2.75, 3.05) is 33.4 Å². The van der Waals surface area contributed by atoms with Crippen molar-refractivity contribution in [1.29, 1.82) is 0 Å². The van der Waals surface area contributed by atoms with Gasteiger partial charge in [-0.25, -0.2) is 0 Å². The van der Waals surface area contributed by atoms with Gasteiger partial charge in [0, 0.05) is 19.8 Å². The Morgan fingerprint density at radius 2 is 2.00 bits per heavy atom. The summed E-state index contributed by atoms with van der Waals surface area (Å²) >= 11 is 0. The summed E-state index contributed by atoms with van der Waals surface area (Å²) in [5.41, 5.74) is -0.156. The standard InChI is InChI=1S/C14H27NO3/c1-14(2,10-13(16)17)11-15(3)7-4-12-5-8-18-9-6-12/h12H,4-11H2,1-3H3,(H,16,17). The van der Waals surface area contributed by atoms with Crippen LogP contribution in [0, 0.1) is 11.3 Å². The number of hydrogen-bond donors (Lipinski definition) is 1. The van der Waals surface area contributed by atoms with Gasteiger partial charge in [0.25, 0.3) is 0 Å². The van der Waals surface area contributed by atoms with E-state index in [0.717, 1.165) is 32.2 Å². The van der Waals surface area contributed by atoms with Crippen LogP contribution in [-0.4, -0.2) is 49.3 Å². The molecule has 1 fully saturated rings. The first-order valence-corrected chi connectivity index (χ1v) is 6.87. The molecule has 0 saturated carbocycles. The first-order chi connectivity index (χ1) is 8.39. The lowest BCUT2D eigenvalue weighted by molar-refractivity contribution is -0.139. The number of hydrogen-bond acceptors (Lipinski definition) is 3. The van der Waals surface area contributed by atoms with Gasteiger partial charge in [0.15, 0.2) is 0 Å². The predicted molar refractivity (Wildman–Crippen MR) is 71.7 cm³/mol. The molecule has 4 nitrogen and oxygen atoms in total. The highest BCUT2D eigenvalue weighted by Crippen LogP contribution is 2.23. The van der Waals surface area contributed by atoms with Crippen LogP contribution < -0.4 is 0 Å². The number of carbonyl (C=O) groups is 1. The second kappa shape index (κ2) is 7.10. The average Bonchev–Trinajstić information content (AvgIpc) is 2.25. The van der Waals surface area contributed by atoms with Gasteiger partial charge in [-0.2, -0.15) is 0 Å². The van der Waals surface area contributed by atoms with Crippen molar-refractivity contribution in [3.63, 3.8) is 0 Å². The van der Waals surface area contributed by atoms with E-state index in [-0.39, 0.29) is 11.8 Å².